The summed E-state index contributed by atoms with van der Waals surface area (Å²) in [4.78, 5) is 8.60. The average molecular weight is 324 g/mol. The van der Waals surface area contributed by atoms with Crippen molar-refractivity contribution in [1.82, 2.24) is 14.5 Å². The molecule has 3 nitrogen and oxygen atoms in total. The Morgan fingerprint density at radius 3 is 2.85 bits per heavy atom. The third-order valence-corrected chi connectivity index (χ3v) is 3.90. The van der Waals surface area contributed by atoms with Gasteiger partial charge < -0.3 is 0 Å². The maximum absolute atomic E-state index is 4.46. The van der Waals surface area contributed by atoms with E-state index in [1.807, 2.05) is 36.9 Å². The van der Waals surface area contributed by atoms with Gasteiger partial charge in [-0.15, -0.1) is 0 Å². The Balaban J connectivity index is 1.96. The normalized spacial score (nSPS) is 11.2. The van der Waals surface area contributed by atoms with E-state index < -0.39 is 0 Å². The summed E-state index contributed by atoms with van der Waals surface area (Å²) in [6.45, 7) is 0. The predicted molar refractivity (Wildman–Crippen MR) is 84.1 cm³/mol. The first kappa shape index (κ1) is 11.6. The zero-order valence-corrected chi connectivity index (χ0v) is 12.1. The second-order valence-corrected chi connectivity index (χ2v) is 5.57. The minimum absolute atomic E-state index is 0.981. The van der Waals surface area contributed by atoms with Gasteiger partial charge in [-0.05, 0) is 41.8 Å². The van der Waals surface area contributed by atoms with Gasteiger partial charge >= 0.3 is 0 Å². The van der Waals surface area contributed by atoms with E-state index in [-0.39, 0.29) is 0 Å². The van der Waals surface area contributed by atoms with Crippen molar-refractivity contribution in [3.63, 3.8) is 0 Å². The fourth-order valence-corrected chi connectivity index (χ4v) is 2.76. The van der Waals surface area contributed by atoms with Crippen LogP contribution in [0.3, 0.4) is 0 Å². The smallest absolute Gasteiger partial charge is 0.100 e. The highest BCUT2D eigenvalue weighted by atomic mass is 79.9. The van der Waals surface area contributed by atoms with Gasteiger partial charge in [0.25, 0.3) is 0 Å². The van der Waals surface area contributed by atoms with Crippen LogP contribution in [0, 0.1) is 0 Å². The Morgan fingerprint density at radius 1 is 0.950 bits per heavy atom. The Hall–Kier alpha value is -2.20. The van der Waals surface area contributed by atoms with E-state index in [9.17, 15) is 0 Å². The minimum atomic E-state index is 0.981. The summed E-state index contributed by atoms with van der Waals surface area (Å²) < 4.78 is 3.14. The molecule has 0 saturated heterocycles. The summed E-state index contributed by atoms with van der Waals surface area (Å²) in [5.74, 6) is 0. The molecule has 2 heterocycles. The summed E-state index contributed by atoms with van der Waals surface area (Å²) >= 11 is 3.47. The van der Waals surface area contributed by atoms with Crippen molar-refractivity contribution < 1.29 is 0 Å². The molecule has 96 valence electrons. The largest absolute Gasteiger partial charge is 0.299 e. The van der Waals surface area contributed by atoms with E-state index in [0.717, 1.165) is 26.6 Å². The number of fused-ring (bicyclic) bond motifs is 2. The number of pyridine rings is 1. The third kappa shape index (κ3) is 1.80. The highest BCUT2D eigenvalue weighted by Gasteiger charge is 2.05. The SMILES string of the molecule is Brc1ccc2c(c1)ncn2-c1ccc2cnccc2c1. The summed E-state index contributed by atoms with van der Waals surface area (Å²) in [7, 11) is 0. The van der Waals surface area contributed by atoms with E-state index in [1.54, 1.807) is 0 Å². The second kappa shape index (κ2) is 4.42. The molecule has 0 aliphatic carbocycles. The molecule has 2 aromatic carbocycles. The molecule has 4 aromatic rings. The predicted octanol–water partition coefficient (Wildman–Crippen LogP) is 4.34. The summed E-state index contributed by atoms with van der Waals surface area (Å²) in [5, 5.41) is 2.32. The van der Waals surface area contributed by atoms with Crippen LogP contribution in [0.1, 0.15) is 0 Å². The van der Waals surface area contributed by atoms with Crippen LogP contribution in [0.2, 0.25) is 0 Å². The monoisotopic (exact) mass is 323 g/mol. The van der Waals surface area contributed by atoms with E-state index >= 15 is 0 Å². The van der Waals surface area contributed by atoms with Crippen LogP contribution in [0.15, 0.2) is 65.7 Å². The molecule has 0 bridgehead atoms. The molecule has 0 spiro atoms. The van der Waals surface area contributed by atoms with Crippen LogP contribution in [0.4, 0.5) is 0 Å². The number of hydrogen-bond donors (Lipinski definition) is 0. The highest BCUT2D eigenvalue weighted by molar-refractivity contribution is 9.10. The first-order chi connectivity index (χ1) is 9.81. The zero-order chi connectivity index (χ0) is 13.5. The Kier molecular flexibility index (Phi) is 2.57. The lowest BCUT2D eigenvalue weighted by Crippen LogP contribution is -1.91. The molecule has 0 aliphatic heterocycles. The Morgan fingerprint density at radius 2 is 1.90 bits per heavy atom. The molecule has 0 N–H and O–H groups in total. The first-order valence-electron chi connectivity index (χ1n) is 6.28. The molecular formula is C16H10BrN3. The molecule has 0 amide bonds. The van der Waals surface area contributed by atoms with Gasteiger partial charge in [-0.1, -0.05) is 22.0 Å². The van der Waals surface area contributed by atoms with Crippen molar-refractivity contribution in [2.45, 2.75) is 0 Å². The van der Waals surface area contributed by atoms with Crippen LogP contribution in [-0.4, -0.2) is 14.5 Å². The third-order valence-electron chi connectivity index (χ3n) is 3.41. The molecule has 0 unspecified atom stereocenters. The van der Waals surface area contributed by atoms with Crippen LogP contribution >= 0.6 is 15.9 Å². The van der Waals surface area contributed by atoms with Crippen LogP contribution < -0.4 is 0 Å². The number of imidazole rings is 1. The molecule has 0 atom stereocenters. The summed E-state index contributed by atoms with van der Waals surface area (Å²) in [5.41, 5.74) is 3.18. The van der Waals surface area contributed by atoms with Crippen molar-refractivity contribution in [1.29, 1.82) is 0 Å². The van der Waals surface area contributed by atoms with Gasteiger partial charge in [0.1, 0.15) is 6.33 Å². The van der Waals surface area contributed by atoms with Gasteiger partial charge in [0.05, 0.1) is 11.0 Å². The van der Waals surface area contributed by atoms with Crippen LogP contribution in [0.25, 0.3) is 27.5 Å². The van der Waals surface area contributed by atoms with Crippen LogP contribution in [0.5, 0.6) is 0 Å². The lowest BCUT2D eigenvalue weighted by atomic mass is 10.1. The topological polar surface area (TPSA) is 30.7 Å². The first-order valence-corrected chi connectivity index (χ1v) is 7.07. The fourth-order valence-electron chi connectivity index (χ4n) is 2.41. The van der Waals surface area contributed by atoms with Gasteiger partial charge in [0.15, 0.2) is 0 Å². The molecule has 20 heavy (non-hydrogen) atoms. The maximum atomic E-state index is 4.46. The van der Waals surface area contributed by atoms with E-state index in [0.29, 0.717) is 0 Å². The number of halogens is 1. The van der Waals surface area contributed by atoms with Gasteiger partial charge in [-0.3, -0.25) is 9.55 Å². The van der Waals surface area contributed by atoms with Crippen LogP contribution in [-0.2, 0) is 0 Å². The average Bonchev–Trinajstić information content (AvgIpc) is 2.89. The number of benzene rings is 2. The van der Waals surface area contributed by atoms with E-state index in [4.69, 9.17) is 0 Å². The van der Waals surface area contributed by atoms with Crippen molar-refractivity contribution in [2.75, 3.05) is 0 Å². The van der Waals surface area contributed by atoms with Crippen molar-refractivity contribution in [3.05, 3.63) is 65.7 Å². The molecule has 4 heteroatoms. The second-order valence-electron chi connectivity index (χ2n) is 4.65. The van der Waals surface area contributed by atoms with Gasteiger partial charge in [0, 0.05) is 27.9 Å². The van der Waals surface area contributed by atoms with Crippen molar-refractivity contribution >= 4 is 37.7 Å². The van der Waals surface area contributed by atoms with Gasteiger partial charge in [-0.25, -0.2) is 4.98 Å². The maximum Gasteiger partial charge on any atom is 0.100 e. The fraction of sp³-hybridized carbons (Fsp3) is 0. The zero-order valence-electron chi connectivity index (χ0n) is 10.5. The van der Waals surface area contributed by atoms with Gasteiger partial charge in [0.2, 0.25) is 0 Å². The number of hydrogen-bond acceptors (Lipinski definition) is 2. The highest BCUT2D eigenvalue weighted by Crippen LogP contribution is 2.24. The molecule has 0 saturated carbocycles. The summed E-state index contributed by atoms with van der Waals surface area (Å²) in [6.07, 6.45) is 5.55. The lowest BCUT2D eigenvalue weighted by molar-refractivity contribution is 1.10. The lowest BCUT2D eigenvalue weighted by Gasteiger charge is -2.06. The molecule has 0 fully saturated rings. The quantitative estimate of drug-likeness (QED) is 0.521. The van der Waals surface area contributed by atoms with E-state index in [2.05, 4.69) is 54.7 Å². The minimum Gasteiger partial charge on any atom is -0.299 e. The number of nitrogens with zero attached hydrogens (tertiary/aromatic N) is 3. The van der Waals surface area contributed by atoms with E-state index in [1.165, 1.54) is 5.39 Å². The Bertz CT molecular complexity index is 927. The number of aromatic nitrogens is 3. The Labute approximate surface area is 124 Å². The molecule has 2 aromatic heterocycles. The molecule has 0 aliphatic rings. The van der Waals surface area contributed by atoms with Crippen molar-refractivity contribution in [3.8, 4) is 5.69 Å². The standard InChI is InChI=1S/C16H10BrN3/c17-13-2-4-16-15(8-13)19-10-20(16)14-3-1-12-9-18-6-5-11(12)7-14/h1-10H. The molecular weight excluding hydrogens is 314 g/mol. The van der Waals surface area contributed by atoms with Crippen molar-refractivity contribution in [2.24, 2.45) is 0 Å². The number of rotatable bonds is 1. The van der Waals surface area contributed by atoms with Gasteiger partial charge in [-0.2, -0.15) is 0 Å². The molecule has 4 rings (SSSR count). The summed E-state index contributed by atoms with van der Waals surface area (Å²) in [6, 6.07) is 14.5. The molecule has 0 radical (unpaired) electrons.